The molecule has 0 bridgehead atoms. The molecule has 0 aliphatic rings. The number of nitrogens with two attached hydrogens (primary N) is 1. The number of ether oxygens (including phenoxy) is 1. The number of hydrogen-bond donors (Lipinski definition) is 1. The molecule has 0 radical (unpaired) electrons. The van der Waals surface area contributed by atoms with Crippen LogP contribution < -0.4 is 10.5 Å². The summed E-state index contributed by atoms with van der Waals surface area (Å²) in [7, 11) is 0. The highest BCUT2D eigenvalue weighted by Crippen LogP contribution is 2.30. The summed E-state index contributed by atoms with van der Waals surface area (Å²) in [6, 6.07) is 10.2. The molecule has 0 unspecified atom stereocenters. The Morgan fingerprint density at radius 1 is 1.20 bits per heavy atom. The average Bonchev–Trinajstić information content (AvgIpc) is 2.42. The molecule has 0 fully saturated rings. The third-order valence-corrected chi connectivity index (χ3v) is 3.70. The Balaban J connectivity index is 2.20. The van der Waals surface area contributed by atoms with Crippen molar-refractivity contribution in [1.82, 2.24) is 0 Å². The second-order valence-electron chi connectivity index (χ2n) is 4.29. The molecule has 2 N–H and O–H groups in total. The van der Waals surface area contributed by atoms with Gasteiger partial charge in [0, 0.05) is 10.6 Å². The molecule has 0 amide bonds. The van der Waals surface area contributed by atoms with E-state index in [9.17, 15) is 4.39 Å². The molecule has 5 heteroatoms. The Kier molecular flexibility index (Phi) is 5.40. The van der Waals surface area contributed by atoms with Crippen molar-refractivity contribution in [1.29, 1.82) is 0 Å². The molecular weight excluding hydrogens is 345 g/mol. The first-order chi connectivity index (χ1) is 9.61. The first-order valence-corrected chi connectivity index (χ1v) is 7.33. The Morgan fingerprint density at radius 3 is 2.75 bits per heavy atom. The zero-order valence-electron chi connectivity index (χ0n) is 10.7. The smallest absolute Gasteiger partial charge is 0.137 e. The van der Waals surface area contributed by atoms with Crippen LogP contribution in [0.15, 0.2) is 40.9 Å². The summed E-state index contributed by atoms with van der Waals surface area (Å²) < 4.78 is 20.2. The molecule has 106 valence electrons. The second kappa shape index (κ2) is 7.07. The summed E-state index contributed by atoms with van der Waals surface area (Å²) in [4.78, 5) is 0. The third kappa shape index (κ3) is 3.72. The molecule has 0 aliphatic heterocycles. The lowest BCUT2D eigenvalue weighted by Crippen LogP contribution is -2.06. The van der Waals surface area contributed by atoms with Crippen LogP contribution in [0.25, 0.3) is 0 Å². The van der Waals surface area contributed by atoms with Crippen LogP contribution in [0.5, 0.6) is 5.75 Å². The van der Waals surface area contributed by atoms with E-state index in [1.54, 1.807) is 6.07 Å². The molecule has 0 saturated heterocycles. The normalized spacial score (nSPS) is 10.6. The first-order valence-electron chi connectivity index (χ1n) is 6.16. The number of halogens is 3. The van der Waals surface area contributed by atoms with E-state index in [1.165, 1.54) is 12.1 Å². The lowest BCUT2D eigenvalue weighted by atomic mass is 10.1. The minimum atomic E-state index is -0.332. The molecule has 2 nitrogen and oxygen atoms in total. The fourth-order valence-electron chi connectivity index (χ4n) is 1.87. The Morgan fingerprint density at radius 2 is 2.00 bits per heavy atom. The highest BCUT2D eigenvalue weighted by molar-refractivity contribution is 9.10. The third-order valence-electron chi connectivity index (χ3n) is 2.84. The van der Waals surface area contributed by atoms with Gasteiger partial charge < -0.3 is 10.5 Å². The van der Waals surface area contributed by atoms with E-state index >= 15 is 0 Å². The monoisotopic (exact) mass is 357 g/mol. The van der Waals surface area contributed by atoms with Gasteiger partial charge in [-0.3, -0.25) is 0 Å². The number of rotatable bonds is 5. The average molecular weight is 359 g/mol. The Labute approximate surface area is 130 Å². The molecule has 0 aromatic heterocycles. The van der Waals surface area contributed by atoms with E-state index in [0.717, 1.165) is 10.0 Å². The minimum Gasteiger partial charge on any atom is -0.487 e. The van der Waals surface area contributed by atoms with Crippen LogP contribution in [0.4, 0.5) is 4.39 Å². The zero-order valence-corrected chi connectivity index (χ0v) is 13.0. The highest BCUT2D eigenvalue weighted by atomic mass is 79.9. The van der Waals surface area contributed by atoms with Crippen LogP contribution in [-0.2, 0) is 13.0 Å². The van der Waals surface area contributed by atoms with Crippen molar-refractivity contribution < 1.29 is 9.13 Å². The molecule has 0 heterocycles. The van der Waals surface area contributed by atoms with E-state index in [0.29, 0.717) is 29.3 Å². The van der Waals surface area contributed by atoms with Crippen molar-refractivity contribution >= 4 is 27.5 Å². The van der Waals surface area contributed by atoms with Crippen LogP contribution in [0.1, 0.15) is 11.1 Å². The summed E-state index contributed by atoms with van der Waals surface area (Å²) in [5, 5.41) is 0.485. The quantitative estimate of drug-likeness (QED) is 0.864. The summed E-state index contributed by atoms with van der Waals surface area (Å²) in [5.74, 6) is 0.360. The second-order valence-corrected chi connectivity index (χ2v) is 5.58. The van der Waals surface area contributed by atoms with Crippen LogP contribution >= 0.6 is 27.5 Å². The predicted molar refractivity (Wildman–Crippen MR) is 82.6 cm³/mol. The topological polar surface area (TPSA) is 35.2 Å². The van der Waals surface area contributed by atoms with Crippen molar-refractivity contribution in [3.8, 4) is 5.75 Å². The van der Waals surface area contributed by atoms with Crippen LogP contribution in [0, 0.1) is 5.82 Å². The fourth-order valence-corrected chi connectivity index (χ4v) is 2.59. The van der Waals surface area contributed by atoms with Gasteiger partial charge >= 0.3 is 0 Å². The Hall–Kier alpha value is -1.10. The lowest BCUT2D eigenvalue weighted by molar-refractivity contribution is 0.295. The molecule has 2 aromatic rings. The van der Waals surface area contributed by atoms with Crippen molar-refractivity contribution in [2.45, 2.75) is 13.0 Å². The number of benzene rings is 2. The van der Waals surface area contributed by atoms with Gasteiger partial charge in [-0.25, -0.2) is 4.39 Å². The number of hydrogen-bond acceptors (Lipinski definition) is 2. The lowest BCUT2D eigenvalue weighted by Gasteiger charge is -2.13. The maximum absolute atomic E-state index is 13.7. The van der Waals surface area contributed by atoms with E-state index in [1.807, 2.05) is 18.2 Å². The maximum atomic E-state index is 13.7. The van der Waals surface area contributed by atoms with Gasteiger partial charge in [-0.1, -0.05) is 23.7 Å². The van der Waals surface area contributed by atoms with Crippen molar-refractivity contribution in [3.05, 3.63) is 62.8 Å². The van der Waals surface area contributed by atoms with Gasteiger partial charge in [-0.15, -0.1) is 0 Å². The molecule has 2 rings (SSSR count). The van der Waals surface area contributed by atoms with Gasteiger partial charge in [0.05, 0.1) is 4.47 Å². The molecule has 0 saturated carbocycles. The van der Waals surface area contributed by atoms with Crippen LogP contribution in [0.3, 0.4) is 0 Å². The first kappa shape index (κ1) is 15.3. The van der Waals surface area contributed by atoms with Crippen molar-refractivity contribution in [2.24, 2.45) is 5.73 Å². The highest BCUT2D eigenvalue weighted by Gasteiger charge is 2.10. The molecule has 2 aromatic carbocycles. The molecule has 0 aliphatic carbocycles. The van der Waals surface area contributed by atoms with Gasteiger partial charge in [0.1, 0.15) is 18.2 Å². The summed E-state index contributed by atoms with van der Waals surface area (Å²) >= 11 is 9.30. The van der Waals surface area contributed by atoms with E-state index < -0.39 is 0 Å². The van der Waals surface area contributed by atoms with Gasteiger partial charge in [-0.2, -0.15) is 0 Å². The van der Waals surface area contributed by atoms with E-state index in [-0.39, 0.29) is 12.4 Å². The van der Waals surface area contributed by atoms with E-state index in [2.05, 4.69) is 15.9 Å². The largest absolute Gasteiger partial charge is 0.487 e. The predicted octanol–water partition coefficient (Wildman–Crippen LogP) is 4.32. The molecule has 0 atom stereocenters. The molecule has 0 spiro atoms. The molecular formula is C15H14BrClFNO. The minimum absolute atomic E-state index is 0.118. The molecule has 20 heavy (non-hydrogen) atoms. The van der Waals surface area contributed by atoms with Gasteiger partial charge in [0.15, 0.2) is 0 Å². The van der Waals surface area contributed by atoms with Crippen LogP contribution in [-0.4, -0.2) is 6.54 Å². The van der Waals surface area contributed by atoms with E-state index in [4.69, 9.17) is 22.1 Å². The summed E-state index contributed by atoms with van der Waals surface area (Å²) in [5.41, 5.74) is 7.00. The standard InChI is InChI=1S/C15H14BrClFNO/c16-13-3-1-2-10(6-7-19)15(13)20-9-11-8-12(17)4-5-14(11)18/h1-5,8H,6-7,9,19H2. The van der Waals surface area contributed by atoms with Gasteiger partial charge in [0.2, 0.25) is 0 Å². The van der Waals surface area contributed by atoms with Gasteiger partial charge in [0.25, 0.3) is 0 Å². The zero-order chi connectivity index (χ0) is 14.5. The van der Waals surface area contributed by atoms with Crippen LogP contribution in [0.2, 0.25) is 5.02 Å². The van der Waals surface area contributed by atoms with Gasteiger partial charge in [-0.05, 0) is 58.7 Å². The van der Waals surface area contributed by atoms with Crippen molar-refractivity contribution in [3.63, 3.8) is 0 Å². The fraction of sp³-hybridized carbons (Fsp3) is 0.200. The SMILES string of the molecule is NCCc1cccc(Br)c1OCc1cc(Cl)ccc1F. The number of para-hydroxylation sites is 1. The Bertz CT molecular complexity index is 606. The maximum Gasteiger partial charge on any atom is 0.137 e. The summed E-state index contributed by atoms with van der Waals surface area (Å²) in [6.45, 7) is 0.644. The summed E-state index contributed by atoms with van der Waals surface area (Å²) in [6.07, 6.45) is 0.701. The van der Waals surface area contributed by atoms with Crippen molar-refractivity contribution in [2.75, 3.05) is 6.54 Å².